The van der Waals surface area contributed by atoms with E-state index < -0.39 is 0 Å². The summed E-state index contributed by atoms with van der Waals surface area (Å²) in [6.45, 7) is 0.657. The van der Waals surface area contributed by atoms with Crippen LogP contribution in [0.4, 0.5) is 11.5 Å². The molecule has 6 heteroatoms. The highest BCUT2D eigenvalue weighted by atomic mass is 15.2. The maximum atomic E-state index is 5.79. The quantitative estimate of drug-likeness (QED) is 0.808. The van der Waals surface area contributed by atoms with Crippen molar-refractivity contribution >= 4 is 11.5 Å². The van der Waals surface area contributed by atoms with Gasteiger partial charge in [0, 0.05) is 26.5 Å². The van der Waals surface area contributed by atoms with Crippen molar-refractivity contribution in [2.24, 2.45) is 7.05 Å². The van der Waals surface area contributed by atoms with Gasteiger partial charge in [-0.15, -0.1) is 0 Å². The van der Waals surface area contributed by atoms with E-state index >= 15 is 0 Å². The number of nitrogens with zero attached hydrogens (tertiary/aromatic N) is 5. The lowest BCUT2D eigenvalue weighted by Crippen LogP contribution is -2.21. The van der Waals surface area contributed by atoms with Crippen LogP contribution in [0.2, 0.25) is 0 Å². The lowest BCUT2D eigenvalue weighted by atomic mass is 10.4. The van der Waals surface area contributed by atoms with Crippen LogP contribution in [0.1, 0.15) is 5.82 Å². The topological polar surface area (TPSA) is 72.9 Å². The number of aryl methyl sites for hydroxylation is 1. The van der Waals surface area contributed by atoms with E-state index in [9.17, 15) is 0 Å². The molecule has 0 aromatic carbocycles. The van der Waals surface area contributed by atoms with E-state index in [-0.39, 0.29) is 0 Å². The van der Waals surface area contributed by atoms with Gasteiger partial charge in [-0.25, -0.2) is 15.0 Å². The Morgan fingerprint density at radius 3 is 2.88 bits per heavy atom. The smallest absolute Gasteiger partial charge is 0.155 e. The summed E-state index contributed by atoms with van der Waals surface area (Å²) < 4.78 is 1.97. The standard InChI is InChI=1S/C10H14N6/c1-15-4-3-13-9(15)6-16(2)10-8(11)5-12-7-14-10/h3-5,7H,6,11H2,1-2H3. The molecule has 0 bridgehead atoms. The second-order valence-corrected chi connectivity index (χ2v) is 3.61. The SMILES string of the molecule is CN(Cc1nccn1C)c1ncncc1N. The van der Waals surface area contributed by atoms with E-state index in [1.807, 2.05) is 29.8 Å². The molecule has 2 heterocycles. The molecule has 0 saturated carbocycles. The summed E-state index contributed by atoms with van der Waals surface area (Å²) in [6, 6.07) is 0. The molecule has 6 nitrogen and oxygen atoms in total. The molecule has 0 saturated heterocycles. The first-order chi connectivity index (χ1) is 7.68. The van der Waals surface area contributed by atoms with Crippen molar-refractivity contribution in [3.8, 4) is 0 Å². The van der Waals surface area contributed by atoms with Gasteiger partial charge in [0.15, 0.2) is 5.82 Å². The largest absolute Gasteiger partial charge is 0.394 e. The maximum absolute atomic E-state index is 5.79. The third kappa shape index (κ3) is 1.95. The normalized spacial score (nSPS) is 10.4. The highest BCUT2D eigenvalue weighted by molar-refractivity contribution is 5.60. The number of aromatic nitrogens is 4. The minimum atomic E-state index is 0.569. The molecule has 2 rings (SSSR count). The molecule has 0 aliphatic carbocycles. The third-order valence-electron chi connectivity index (χ3n) is 2.38. The second kappa shape index (κ2) is 4.18. The lowest BCUT2D eigenvalue weighted by Gasteiger charge is -2.18. The molecular weight excluding hydrogens is 204 g/mol. The summed E-state index contributed by atoms with van der Waals surface area (Å²) in [5, 5.41) is 0. The van der Waals surface area contributed by atoms with Crippen LogP contribution in [0, 0.1) is 0 Å². The van der Waals surface area contributed by atoms with Gasteiger partial charge >= 0.3 is 0 Å². The van der Waals surface area contributed by atoms with Gasteiger partial charge in [0.1, 0.15) is 12.2 Å². The summed E-state index contributed by atoms with van der Waals surface area (Å²) in [6.07, 6.45) is 6.76. The van der Waals surface area contributed by atoms with Crippen LogP contribution in [-0.4, -0.2) is 26.6 Å². The van der Waals surface area contributed by atoms with Crippen molar-refractivity contribution < 1.29 is 0 Å². The predicted molar refractivity (Wildman–Crippen MR) is 61.8 cm³/mol. The summed E-state index contributed by atoms with van der Waals surface area (Å²) in [4.78, 5) is 14.2. The molecule has 0 aliphatic rings. The average molecular weight is 218 g/mol. The van der Waals surface area contributed by atoms with E-state index in [4.69, 9.17) is 5.73 Å². The zero-order valence-electron chi connectivity index (χ0n) is 9.33. The summed E-state index contributed by atoms with van der Waals surface area (Å²) in [5.74, 6) is 1.68. The van der Waals surface area contributed by atoms with Gasteiger partial charge in [0.2, 0.25) is 0 Å². The molecule has 0 unspecified atom stereocenters. The van der Waals surface area contributed by atoms with Crippen LogP contribution in [-0.2, 0) is 13.6 Å². The second-order valence-electron chi connectivity index (χ2n) is 3.61. The van der Waals surface area contributed by atoms with E-state index in [1.54, 1.807) is 12.4 Å². The predicted octanol–water partition coefficient (Wildman–Crippen LogP) is 0.429. The van der Waals surface area contributed by atoms with Gasteiger partial charge in [-0.1, -0.05) is 0 Å². The molecule has 0 fully saturated rings. The molecule has 0 amide bonds. The summed E-state index contributed by atoms with van der Waals surface area (Å²) in [5.41, 5.74) is 6.36. The molecule has 0 atom stereocenters. The fraction of sp³-hybridized carbons (Fsp3) is 0.300. The van der Waals surface area contributed by atoms with Crippen LogP contribution < -0.4 is 10.6 Å². The van der Waals surface area contributed by atoms with Crippen LogP contribution in [0.3, 0.4) is 0 Å². The van der Waals surface area contributed by atoms with Crippen LogP contribution in [0.25, 0.3) is 0 Å². The van der Waals surface area contributed by atoms with Crippen molar-refractivity contribution in [2.45, 2.75) is 6.54 Å². The highest BCUT2D eigenvalue weighted by Gasteiger charge is 2.09. The molecule has 84 valence electrons. The van der Waals surface area contributed by atoms with Gasteiger partial charge < -0.3 is 15.2 Å². The minimum Gasteiger partial charge on any atom is -0.394 e. The Balaban J connectivity index is 2.18. The molecule has 2 N–H and O–H groups in total. The Morgan fingerprint density at radius 2 is 2.25 bits per heavy atom. The van der Waals surface area contributed by atoms with Gasteiger partial charge in [-0.05, 0) is 0 Å². The zero-order chi connectivity index (χ0) is 11.5. The van der Waals surface area contributed by atoms with Crippen LogP contribution in [0.5, 0.6) is 0 Å². The Kier molecular flexibility index (Phi) is 2.72. The molecular formula is C10H14N6. The molecule has 2 aromatic rings. The first kappa shape index (κ1) is 10.4. The first-order valence-corrected chi connectivity index (χ1v) is 4.91. The van der Waals surface area contributed by atoms with E-state index in [0.717, 1.165) is 11.6 Å². The zero-order valence-corrected chi connectivity index (χ0v) is 9.33. The fourth-order valence-electron chi connectivity index (χ4n) is 1.49. The fourth-order valence-corrected chi connectivity index (χ4v) is 1.49. The van der Waals surface area contributed by atoms with Crippen molar-refractivity contribution in [2.75, 3.05) is 17.7 Å². The van der Waals surface area contributed by atoms with Crippen LogP contribution in [0.15, 0.2) is 24.9 Å². The third-order valence-corrected chi connectivity index (χ3v) is 2.38. The number of rotatable bonds is 3. The van der Waals surface area contributed by atoms with E-state index in [0.29, 0.717) is 12.2 Å². The Labute approximate surface area is 93.8 Å². The molecule has 0 spiro atoms. The summed E-state index contributed by atoms with van der Waals surface area (Å²) >= 11 is 0. The van der Waals surface area contributed by atoms with Gasteiger partial charge in [-0.3, -0.25) is 0 Å². The Morgan fingerprint density at radius 1 is 1.44 bits per heavy atom. The molecule has 0 aliphatic heterocycles. The number of hydrogen-bond acceptors (Lipinski definition) is 5. The first-order valence-electron chi connectivity index (χ1n) is 4.91. The van der Waals surface area contributed by atoms with Crippen molar-refractivity contribution in [3.63, 3.8) is 0 Å². The van der Waals surface area contributed by atoms with Crippen molar-refractivity contribution in [3.05, 3.63) is 30.7 Å². The molecule has 0 radical (unpaired) electrons. The Hall–Kier alpha value is -2.11. The van der Waals surface area contributed by atoms with Crippen LogP contribution >= 0.6 is 0 Å². The van der Waals surface area contributed by atoms with Gasteiger partial charge in [-0.2, -0.15) is 0 Å². The van der Waals surface area contributed by atoms with Crippen molar-refractivity contribution in [1.29, 1.82) is 0 Å². The number of hydrogen-bond donors (Lipinski definition) is 1. The van der Waals surface area contributed by atoms with E-state index in [2.05, 4.69) is 15.0 Å². The summed E-state index contributed by atoms with van der Waals surface area (Å²) in [7, 11) is 3.88. The Bertz CT molecular complexity index is 478. The number of anilines is 2. The highest BCUT2D eigenvalue weighted by Crippen LogP contribution is 2.17. The molecule has 2 aromatic heterocycles. The maximum Gasteiger partial charge on any atom is 0.155 e. The van der Waals surface area contributed by atoms with Crippen molar-refractivity contribution in [1.82, 2.24) is 19.5 Å². The number of nitrogens with two attached hydrogens (primary N) is 1. The lowest BCUT2D eigenvalue weighted by molar-refractivity contribution is 0.755. The molecule has 16 heavy (non-hydrogen) atoms. The minimum absolute atomic E-state index is 0.569. The van der Waals surface area contributed by atoms with E-state index in [1.165, 1.54) is 6.33 Å². The van der Waals surface area contributed by atoms with Gasteiger partial charge in [0.05, 0.1) is 18.4 Å². The van der Waals surface area contributed by atoms with Gasteiger partial charge in [0.25, 0.3) is 0 Å². The number of nitrogen functional groups attached to an aromatic ring is 1. The monoisotopic (exact) mass is 218 g/mol. The average Bonchev–Trinajstić information content (AvgIpc) is 2.65. The number of imidazole rings is 1.